The second-order valence-electron chi connectivity index (χ2n) is 2.68. The highest BCUT2D eigenvalue weighted by molar-refractivity contribution is 9.09. The summed E-state index contributed by atoms with van der Waals surface area (Å²) in [6.45, 7) is 2.15. The van der Waals surface area contributed by atoms with Crippen molar-refractivity contribution in [3.05, 3.63) is 0 Å². The van der Waals surface area contributed by atoms with E-state index in [9.17, 15) is 14.0 Å². The molecule has 0 spiro atoms. The Morgan fingerprint density at radius 3 is 2.17 bits per heavy atom. The molecule has 0 radical (unpaired) electrons. The lowest BCUT2D eigenvalue weighted by Gasteiger charge is -2.23. The summed E-state index contributed by atoms with van der Waals surface area (Å²) in [5.41, 5.74) is -1.93. The zero-order valence-corrected chi connectivity index (χ0v) is 8.39. The van der Waals surface area contributed by atoms with Crippen LogP contribution < -0.4 is 0 Å². The minimum atomic E-state index is -1.93. The Bertz CT molecular complexity index is 205. The molecule has 5 heteroatoms. The van der Waals surface area contributed by atoms with Gasteiger partial charge in [0, 0.05) is 0 Å². The van der Waals surface area contributed by atoms with Crippen molar-refractivity contribution in [1.29, 1.82) is 0 Å². The van der Waals surface area contributed by atoms with Crippen molar-refractivity contribution in [3.8, 4) is 0 Å². The molecule has 0 aliphatic rings. The summed E-state index contributed by atoms with van der Waals surface area (Å²) in [4.78, 5) is 21.6. The first-order chi connectivity index (χ1) is 5.37. The average Bonchev–Trinajstić information content (AvgIpc) is 2.00. The highest BCUT2D eigenvalue weighted by Crippen LogP contribution is 2.26. The summed E-state index contributed by atoms with van der Waals surface area (Å²) in [5, 5.41) is 8.47. The third-order valence-corrected chi connectivity index (χ3v) is 2.45. The quantitative estimate of drug-likeness (QED) is 0.597. The number of halogens is 2. The van der Waals surface area contributed by atoms with Gasteiger partial charge >= 0.3 is 5.97 Å². The zero-order valence-electron chi connectivity index (χ0n) is 6.80. The molecular weight excluding hydrogens is 231 g/mol. The van der Waals surface area contributed by atoms with Crippen LogP contribution in [0, 0.1) is 5.41 Å². The summed E-state index contributed by atoms with van der Waals surface area (Å²) < 4.78 is 12.8. The Morgan fingerprint density at radius 2 is 2.08 bits per heavy atom. The number of carboxylic acid groups (broad SMARTS) is 1. The first-order valence-corrected chi connectivity index (χ1v) is 4.46. The van der Waals surface area contributed by atoms with Crippen molar-refractivity contribution in [2.24, 2.45) is 5.41 Å². The van der Waals surface area contributed by atoms with Crippen LogP contribution in [0.2, 0.25) is 0 Å². The van der Waals surface area contributed by atoms with E-state index in [-0.39, 0.29) is 5.33 Å². The molecule has 12 heavy (non-hydrogen) atoms. The summed E-state index contributed by atoms with van der Waals surface area (Å²) >= 11 is 2.81. The minimum absolute atomic E-state index is 0.149. The topological polar surface area (TPSA) is 54.4 Å². The second-order valence-corrected chi connectivity index (χ2v) is 3.24. The highest BCUT2D eigenvalue weighted by Gasteiger charge is 2.45. The van der Waals surface area contributed by atoms with Crippen LogP contribution in [0.25, 0.3) is 0 Å². The van der Waals surface area contributed by atoms with E-state index in [1.165, 1.54) is 0 Å². The first kappa shape index (κ1) is 11.6. The van der Waals surface area contributed by atoms with E-state index >= 15 is 0 Å². The number of ketones is 1. The van der Waals surface area contributed by atoms with Gasteiger partial charge in [0.05, 0.1) is 5.33 Å². The van der Waals surface area contributed by atoms with E-state index in [0.29, 0.717) is 0 Å². The van der Waals surface area contributed by atoms with Crippen LogP contribution in [-0.4, -0.2) is 28.4 Å². The summed E-state index contributed by atoms with van der Waals surface area (Å²) in [7, 11) is 0. The van der Waals surface area contributed by atoms with Gasteiger partial charge in [0.1, 0.15) is 6.17 Å². The van der Waals surface area contributed by atoms with Crippen molar-refractivity contribution in [1.82, 2.24) is 0 Å². The van der Waals surface area contributed by atoms with Gasteiger partial charge in [-0.1, -0.05) is 15.9 Å². The predicted molar refractivity (Wildman–Crippen MR) is 45.1 cm³/mol. The number of alkyl halides is 2. The third kappa shape index (κ3) is 1.83. The van der Waals surface area contributed by atoms with Gasteiger partial charge < -0.3 is 5.11 Å². The van der Waals surface area contributed by atoms with Crippen LogP contribution in [0.15, 0.2) is 0 Å². The van der Waals surface area contributed by atoms with E-state index in [4.69, 9.17) is 5.11 Å². The van der Waals surface area contributed by atoms with Crippen molar-refractivity contribution in [2.45, 2.75) is 20.0 Å². The Labute approximate surface area is 78.1 Å². The molecule has 1 N–H and O–H groups in total. The second kappa shape index (κ2) is 3.98. The molecule has 0 saturated heterocycles. The smallest absolute Gasteiger partial charge is 0.319 e. The molecule has 0 aliphatic carbocycles. The van der Waals surface area contributed by atoms with Gasteiger partial charge in [-0.2, -0.15) is 0 Å². The van der Waals surface area contributed by atoms with Gasteiger partial charge in [-0.3, -0.25) is 9.59 Å². The molecule has 0 rings (SSSR count). The van der Waals surface area contributed by atoms with E-state index in [1.807, 2.05) is 0 Å². The lowest BCUT2D eigenvalue weighted by molar-refractivity contribution is -0.156. The van der Waals surface area contributed by atoms with Crippen molar-refractivity contribution < 1.29 is 19.1 Å². The number of aliphatic carboxylic acids is 1. The van der Waals surface area contributed by atoms with Gasteiger partial charge in [0.15, 0.2) is 11.2 Å². The van der Waals surface area contributed by atoms with Crippen LogP contribution in [0.3, 0.4) is 0 Å². The van der Waals surface area contributed by atoms with Crippen molar-refractivity contribution in [2.75, 3.05) is 5.33 Å². The number of hydrogen-bond donors (Lipinski definition) is 1. The van der Waals surface area contributed by atoms with E-state index in [0.717, 1.165) is 13.8 Å². The molecule has 70 valence electrons. The van der Waals surface area contributed by atoms with Gasteiger partial charge in [0.25, 0.3) is 0 Å². The Morgan fingerprint density at radius 1 is 1.67 bits per heavy atom. The van der Waals surface area contributed by atoms with Gasteiger partial charge in [-0.25, -0.2) is 4.39 Å². The third-order valence-electron chi connectivity index (χ3n) is 1.94. The first-order valence-electron chi connectivity index (χ1n) is 3.34. The Balaban J connectivity index is 4.87. The molecule has 1 unspecified atom stereocenters. The van der Waals surface area contributed by atoms with Crippen LogP contribution in [0.1, 0.15) is 13.8 Å². The van der Waals surface area contributed by atoms with Gasteiger partial charge in [0.2, 0.25) is 0 Å². The standard InChI is InChI=1S/C7H10BrFO3/c1-4(9)7(2,6(11)12)5(10)3-8/h4H,3H2,1-2H3,(H,11,12)/t4?,7-/m1/s1. The monoisotopic (exact) mass is 240 g/mol. The minimum Gasteiger partial charge on any atom is -0.480 e. The number of rotatable bonds is 4. The lowest BCUT2D eigenvalue weighted by atomic mass is 9.82. The van der Waals surface area contributed by atoms with Crippen LogP contribution >= 0.6 is 15.9 Å². The predicted octanol–water partition coefficient (Wildman–Crippen LogP) is 1.40. The highest BCUT2D eigenvalue weighted by atomic mass is 79.9. The van der Waals surface area contributed by atoms with Gasteiger partial charge in [-0.05, 0) is 13.8 Å². The SMILES string of the molecule is CC(F)[C@@](C)(C(=O)O)C(=O)CBr. The molecular formula is C7H10BrFO3. The van der Waals surface area contributed by atoms with Crippen LogP contribution in [0.4, 0.5) is 4.39 Å². The molecule has 0 aromatic carbocycles. The Hall–Kier alpha value is -0.450. The van der Waals surface area contributed by atoms with Gasteiger partial charge in [-0.15, -0.1) is 0 Å². The maximum atomic E-state index is 12.8. The zero-order chi connectivity index (χ0) is 9.94. The number of carboxylic acids is 1. The molecule has 0 bridgehead atoms. The summed E-state index contributed by atoms with van der Waals surface area (Å²) in [6, 6.07) is 0. The Kier molecular flexibility index (Phi) is 3.83. The van der Waals surface area contributed by atoms with Crippen molar-refractivity contribution >= 4 is 27.7 Å². The molecule has 0 amide bonds. The van der Waals surface area contributed by atoms with Crippen LogP contribution in [0.5, 0.6) is 0 Å². The normalized spacial score (nSPS) is 18.0. The molecule has 3 nitrogen and oxygen atoms in total. The number of carbonyl (C=O) groups excluding carboxylic acids is 1. The van der Waals surface area contributed by atoms with E-state index in [1.54, 1.807) is 0 Å². The molecule has 0 saturated carbocycles. The van der Waals surface area contributed by atoms with E-state index in [2.05, 4.69) is 15.9 Å². The molecule has 0 heterocycles. The summed E-state index contributed by atoms with van der Waals surface area (Å²) in [5.74, 6) is -2.09. The van der Waals surface area contributed by atoms with E-state index < -0.39 is 23.3 Å². The summed E-state index contributed by atoms with van der Waals surface area (Å²) in [6.07, 6.45) is -1.69. The fourth-order valence-corrected chi connectivity index (χ4v) is 1.23. The maximum absolute atomic E-state index is 12.8. The number of carbonyl (C=O) groups is 2. The van der Waals surface area contributed by atoms with Crippen molar-refractivity contribution in [3.63, 3.8) is 0 Å². The molecule has 0 aromatic rings. The average molecular weight is 241 g/mol. The largest absolute Gasteiger partial charge is 0.480 e. The fourth-order valence-electron chi connectivity index (χ4n) is 0.650. The van der Waals surface area contributed by atoms with Crippen LogP contribution in [-0.2, 0) is 9.59 Å². The maximum Gasteiger partial charge on any atom is 0.319 e. The molecule has 2 atom stereocenters. The molecule has 0 aromatic heterocycles. The molecule has 0 aliphatic heterocycles. The fraction of sp³-hybridized carbons (Fsp3) is 0.714. The lowest BCUT2D eigenvalue weighted by Crippen LogP contribution is -2.44. The molecule has 0 fully saturated rings. The number of hydrogen-bond acceptors (Lipinski definition) is 2. The number of Topliss-reactive ketones (excluding diaryl/α,β-unsaturated/α-hetero) is 1.